The van der Waals surface area contributed by atoms with Crippen LogP contribution in [0.5, 0.6) is 0 Å². The van der Waals surface area contributed by atoms with Crippen LogP contribution in [-0.4, -0.2) is 25.8 Å². The van der Waals surface area contributed by atoms with Crippen LogP contribution in [0.2, 0.25) is 0 Å². The van der Waals surface area contributed by atoms with Gasteiger partial charge in [-0.3, -0.25) is 0 Å². The Morgan fingerprint density at radius 2 is 1.85 bits per heavy atom. The van der Waals surface area contributed by atoms with E-state index in [-0.39, 0.29) is 0 Å². The zero-order valence-electron chi connectivity index (χ0n) is 10.7. The highest BCUT2D eigenvalue weighted by atomic mass is 79.9. The van der Waals surface area contributed by atoms with Crippen LogP contribution in [0, 0.1) is 0 Å². The van der Waals surface area contributed by atoms with Gasteiger partial charge in [-0.1, -0.05) is 30.3 Å². The van der Waals surface area contributed by atoms with Gasteiger partial charge in [0, 0.05) is 19.6 Å². The second-order valence-corrected chi connectivity index (χ2v) is 8.80. The van der Waals surface area contributed by atoms with Gasteiger partial charge in [-0.15, -0.1) is 11.3 Å². The standard InChI is InChI=1S/C13H15BrN2O2S2/c14-12-6-7-13(19-12)20(17,18)16(9-8-15)10-11-4-2-1-3-5-11/h1-7H,8-10,15H2. The number of thiophene rings is 1. The van der Waals surface area contributed by atoms with Gasteiger partial charge in [-0.25, -0.2) is 8.42 Å². The molecular weight excluding hydrogens is 360 g/mol. The summed E-state index contributed by atoms with van der Waals surface area (Å²) in [5.41, 5.74) is 6.50. The third-order valence-electron chi connectivity index (χ3n) is 2.72. The summed E-state index contributed by atoms with van der Waals surface area (Å²) in [5.74, 6) is 0. The maximum Gasteiger partial charge on any atom is 0.252 e. The third kappa shape index (κ3) is 3.67. The fourth-order valence-electron chi connectivity index (χ4n) is 1.78. The number of hydrogen-bond donors (Lipinski definition) is 1. The maximum absolute atomic E-state index is 12.6. The van der Waals surface area contributed by atoms with Crippen molar-refractivity contribution in [1.82, 2.24) is 4.31 Å². The van der Waals surface area contributed by atoms with E-state index in [2.05, 4.69) is 15.9 Å². The minimum Gasteiger partial charge on any atom is -0.329 e. The Balaban J connectivity index is 2.28. The monoisotopic (exact) mass is 374 g/mol. The molecule has 20 heavy (non-hydrogen) atoms. The first-order chi connectivity index (χ1) is 9.54. The van der Waals surface area contributed by atoms with Crippen molar-refractivity contribution in [3.8, 4) is 0 Å². The fraction of sp³-hybridized carbons (Fsp3) is 0.231. The lowest BCUT2D eigenvalue weighted by Crippen LogP contribution is -2.34. The molecule has 0 aliphatic heterocycles. The first kappa shape index (κ1) is 15.7. The van der Waals surface area contributed by atoms with Gasteiger partial charge in [0.15, 0.2) is 0 Å². The molecule has 2 aromatic rings. The normalized spacial score (nSPS) is 11.9. The van der Waals surface area contributed by atoms with Gasteiger partial charge < -0.3 is 5.73 Å². The van der Waals surface area contributed by atoms with Crippen molar-refractivity contribution in [2.24, 2.45) is 5.73 Å². The van der Waals surface area contributed by atoms with E-state index >= 15 is 0 Å². The second kappa shape index (κ2) is 6.82. The molecule has 0 aliphatic rings. The smallest absolute Gasteiger partial charge is 0.252 e. The predicted molar refractivity (Wildman–Crippen MR) is 85.1 cm³/mol. The lowest BCUT2D eigenvalue weighted by Gasteiger charge is -2.20. The van der Waals surface area contributed by atoms with Crippen molar-refractivity contribution in [2.45, 2.75) is 10.8 Å². The zero-order chi connectivity index (χ0) is 14.6. The first-order valence-electron chi connectivity index (χ1n) is 6.03. The number of benzene rings is 1. The summed E-state index contributed by atoms with van der Waals surface area (Å²) in [6.07, 6.45) is 0. The molecule has 0 radical (unpaired) electrons. The Morgan fingerprint density at radius 3 is 2.40 bits per heavy atom. The molecular formula is C13H15BrN2O2S2. The first-order valence-corrected chi connectivity index (χ1v) is 9.08. The van der Waals surface area contributed by atoms with E-state index in [9.17, 15) is 8.42 Å². The Bertz CT molecular complexity index is 656. The van der Waals surface area contributed by atoms with Crippen molar-refractivity contribution >= 4 is 37.3 Å². The van der Waals surface area contributed by atoms with E-state index < -0.39 is 10.0 Å². The molecule has 0 aliphatic carbocycles. The Labute approximate surface area is 131 Å². The lowest BCUT2D eigenvalue weighted by atomic mass is 10.2. The number of sulfonamides is 1. The van der Waals surface area contributed by atoms with Gasteiger partial charge in [0.2, 0.25) is 0 Å². The van der Waals surface area contributed by atoms with Crippen molar-refractivity contribution in [3.63, 3.8) is 0 Å². The molecule has 0 amide bonds. The maximum atomic E-state index is 12.6. The number of nitrogens with zero attached hydrogens (tertiary/aromatic N) is 1. The summed E-state index contributed by atoms with van der Waals surface area (Å²) in [7, 11) is -3.50. The highest BCUT2D eigenvalue weighted by molar-refractivity contribution is 9.11. The van der Waals surface area contributed by atoms with Crippen LogP contribution in [-0.2, 0) is 16.6 Å². The molecule has 0 saturated heterocycles. The van der Waals surface area contributed by atoms with E-state index in [1.54, 1.807) is 12.1 Å². The van der Waals surface area contributed by atoms with Crippen LogP contribution >= 0.6 is 27.3 Å². The largest absolute Gasteiger partial charge is 0.329 e. The van der Waals surface area contributed by atoms with Crippen LogP contribution in [0.4, 0.5) is 0 Å². The van der Waals surface area contributed by atoms with Gasteiger partial charge in [0.1, 0.15) is 4.21 Å². The number of rotatable bonds is 6. The number of nitrogens with two attached hydrogens (primary N) is 1. The highest BCUT2D eigenvalue weighted by Crippen LogP contribution is 2.29. The summed E-state index contributed by atoms with van der Waals surface area (Å²) < 4.78 is 27.7. The average Bonchev–Trinajstić information content (AvgIpc) is 2.87. The van der Waals surface area contributed by atoms with Crippen LogP contribution in [0.25, 0.3) is 0 Å². The van der Waals surface area contributed by atoms with Gasteiger partial charge in [-0.05, 0) is 33.6 Å². The summed E-state index contributed by atoms with van der Waals surface area (Å²) >= 11 is 4.50. The molecule has 0 atom stereocenters. The molecule has 7 heteroatoms. The van der Waals surface area contributed by atoms with E-state index in [4.69, 9.17) is 5.73 Å². The quantitative estimate of drug-likeness (QED) is 0.844. The van der Waals surface area contributed by atoms with Crippen molar-refractivity contribution in [3.05, 3.63) is 51.8 Å². The Hall–Kier alpha value is -0.730. The molecule has 0 bridgehead atoms. The van der Waals surface area contributed by atoms with Crippen LogP contribution < -0.4 is 5.73 Å². The molecule has 1 aromatic carbocycles. The van der Waals surface area contributed by atoms with E-state index in [1.165, 1.54) is 15.6 Å². The number of hydrogen-bond acceptors (Lipinski definition) is 4. The zero-order valence-corrected chi connectivity index (χ0v) is 13.9. The van der Waals surface area contributed by atoms with Crippen LogP contribution in [0.3, 0.4) is 0 Å². The van der Waals surface area contributed by atoms with Gasteiger partial charge >= 0.3 is 0 Å². The van der Waals surface area contributed by atoms with Crippen molar-refractivity contribution in [2.75, 3.05) is 13.1 Å². The van der Waals surface area contributed by atoms with Gasteiger partial charge in [-0.2, -0.15) is 4.31 Å². The second-order valence-electron chi connectivity index (χ2n) is 4.17. The fourth-order valence-corrected chi connectivity index (χ4v) is 5.39. The lowest BCUT2D eigenvalue weighted by molar-refractivity contribution is 0.415. The molecule has 2 rings (SSSR count). The third-order valence-corrected chi connectivity index (χ3v) is 6.66. The van der Waals surface area contributed by atoms with Gasteiger partial charge in [0.05, 0.1) is 3.79 Å². The van der Waals surface area contributed by atoms with Gasteiger partial charge in [0.25, 0.3) is 10.0 Å². The van der Waals surface area contributed by atoms with E-state index in [1.807, 2.05) is 30.3 Å². The van der Waals surface area contributed by atoms with Crippen molar-refractivity contribution < 1.29 is 8.42 Å². The van der Waals surface area contributed by atoms with Crippen molar-refractivity contribution in [1.29, 1.82) is 0 Å². The molecule has 4 nitrogen and oxygen atoms in total. The Kier molecular flexibility index (Phi) is 5.34. The molecule has 0 saturated carbocycles. The SMILES string of the molecule is NCCN(Cc1ccccc1)S(=O)(=O)c1ccc(Br)s1. The Morgan fingerprint density at radius 1 is 1.15 bits per heavy atom. The summed E-state index contributed by atoms with van der Waals surface area (Å²) in [5, 5.41) is 0. The molecule has 1 aromatic heterocycles. The summed E-state index contributed by atoms with van der Waals surface area (Å²) in [4.78, 5) is 0. The topological polar surface area (TPSA) is 63.4 Å². The van der Waals surface area contributed by atoms with E-state index in [0.29, 0.717) is 23.8 Å². The minimum absolute atomic E-state index is 0.290. The van der Waals surface area contributed by atoms with Crippen LogP contribution in [0.15, 0.2) is 50.5 Å². The molecule has 1 heterocycles. The molecule has 2 N–H and O–H groups in total. The molecule has 108 valence electrons. The summed E-state index contributed by atoms with van der Waals surface area (Å²) in [6, 6.07) is 12.8. The van der Waals surface area contributed by atoms with Crippen LogP contribution in [0.1, 0.15) is 5.56 Å². The summed E-state index contributed by atoms with van der Waals surface area (Å²) in [6.45, 7) is 0.918. The van der Waals surface area contributed by atoms with E-state index in [0.717, 1.165) is 9.35 Å². The number of halogens is 1. The average molecular weight is 375 g/mol. The highest BCUT2D eigenvalue weighted by Gasteiger charge is 2.25. The molecule has 0 unspecified atom stereocenters. The minimum atomic E-state index is -3.50. The predicted octanol–water partition coefficient (Wildman–Crippen LogP) is 2.66. The molecule has 0 fully saturated rings. The molecule has 0 spiro atoms.